The molecule has 3 aromatic rings. The minimum absolute atomic E-state index is 0.0906. The molecule has 0 saturated carbocycles. The molecule has 0 fully saturated rings. The van der Waals surface area contributed by atoms with E-state index in [1.807, 2.05) is 0 Å². The first-order valence-corrected chi connectivity index (χ1v) is 10.5. The van der Waals surface area contributed by atoms with Crippen LogP contribution in [-0.2, 0) is 23.4 Å². The van der Waals surface area contributed by atoms with Crippen LogP contribution in [0.2, 0.25) is 0 Å². The van der Waals surface area contributed by atoms with Crippen LogP contribution in [0.4, 0.5) is 8.78 Å². The van der Waals surface area contributed by atoms with Crippen molar-refractivity contribution in [2.45, 2.75) is 44.8 Å². The van der Waals surface area contributed by atoms with Gasteiger partial charge in [0, 0.05) is 28.5 Å². The van der Waals surface area contributed by atoms with Gasteiger partial charge in [-0.25, -0.2) is 4.98 Å². The molecule has 32 heavy (non-hydrogen) atoms. The summed E-state index contributed by atoms with van der Waals surface area (Å²) in [7, 11) is 0. The van der Waals surface area contributed by atoms with E-state index in [9.17, 15) is 23.5 Å². The first-order valence-electron chi connectivity index (χ1n) is 10.5. The van der Waals surface area contributed by atoms with Gasteiger partial charge in [-0.2, -0.15) is 8.78 Å². The Bertz CT molecular complexity index is 1430. The molecule has 0 amide bonds. The number of rotatable bonds is 1. The number of benzene rings is 1. The molecular weight excluding hydrogens is 422 g/mol. The molecule has 3 aliphatic heterocycles. The second kappa shape index (κ2) is 6.35. The van der Waals surface area contributed by atoms with Gasteiger partial charge in [-0.3, -0.25) is 9.59 Å². The maximum Gasteiger partial charge on any atom is 0.254 e. The van der Waals surface area contributed by atoms with E-state index in [-0.39, 0.29) is 59.9 Å². The number of aliphatic hydroxyl groups is 1. The number of hydrogen-bond acceptors (Lipinski definition) is 6. The lowest BCUT2D eigenvalue weighted by Gasteiger charge is -2.26. The van der Waals surface area contributed by atoms with Crippen molar-refractivity contribution in [1.29, 1.82) is 0 Å². The zero-order valence-electron chi connectivity index (χ0n) is 17.1. The Morgan fingerprint density at radius 3 is 2.69 bits per heavy atom. The molecule has 1 aromatic carbocycles. The van der Waals surface area contributed by atoms with Crippen molar-refractivity contribution in [3.05, 3.63) is 50.8 Å². The highest BCUT2D eigenvalue weighted by molar-refractivity contribution is 5.94. The van der Waals surface area contributed by atoms with E-state index >= 15 is 0 Å². The lowest BCUT2D eigenvalue weighted by Crippen LogP contribution is -2.37. The fourth-order valence-electron chi connectivity index (χ4n) is 5.08. The number of ether oxygens (including phenoxy) is 2. The second-order valence-corrected chi connectivity index (χ2v) is 8.39. The van der Waals surface area contributed by atoms with E-state index in [4.69, 9.17) is 9.47 Å². The fourth-order valence-corrected chi connectivity index (χ4v) is 5.08. The summed E-state index contributed by atoms with van der Waals surface area (Å²) in [6.45, 7) is 1.55. The number of fused-ring (bicyclic) bond motifs is 7. The van der Waals surface area contributed by atoms with Crippen LogP contribution < -0.4 is 15.0 Å². The summed E-state index contributed by atoms with van der Waals surface area (Å²) >= 11 is 0. The molecule has 9 heteroatoms. The summed E-state index contributed by atoms with van der Waals surface area (Å²) in [6.07, 6.45) is 1.21. The van der Waals surface area contributed by atoms with Gasteiger partial charge in [0.25, 0.3) is 5.56 Å². The minimum Gasteiger partial charge on any atom is -0.454 e. The average Bonchev–Trinajstić information content (AvgIpc) is 2.86. The molecule has 4 aliphatic rings. The van der Waals surface area contributed by atoms with Crippen LogP contribution in [0.1, 0.15) is 42.9 Å². The first kappa shape index (κ1) is 19.4. The van der Waals surface area contributed by atoms with Crippen LogP contribution in [-0.4, -0.2) is 27.2 Å². The van der Waals surface area contributed by atoms with Crippen molar-refractivity contribution in [2.24, 2.45) is 0 Å². The zero-order chi connectivity index (χ0) is 22.4. The van der Waals surface area contributed by atoms with Gasteiger partial charge in [0.15, 0.2) is 17.3 Å². The number of pyridine rings is 2. The first-order chi connectivity index (χ1) is 15.3. The molecule has 164 valence electrons. The predicted molar refractivity (Wildman–Crippen MR) is 109 cm³/mol. The van der Waals surface area contributed by atoms with E-state index in [0.29, 0.717) is 40.9 Å². The van der Waals surface area contributed by atoms with Gasteiger partial charge in [0.2, 0.25) is 18.4 Å². The van der Waals surface area contributed by atoms with Crippen LogP contribution in [0, 0.1) is 11.6 Å². The molecule has 7 rings (SSSR count). The molecule has 5 heterocycles. The van der Waals surface area contributed by atoms with Gasteiger partial charge in [0.1, 0.15) is 11.1 Å². The zero-order valence-corrected chi connectivity index (χ0v) is 17.1. The van der Waals surface area contributed by atoms with Gasteiger partial charge in [0.05, 0.1) is 17.9 Å². The number of nitrogens with zero attached hydrogens (tertiary/aromatic N) is 2. The Labute approximate surface area is 180 Å². The maximum atomic E-state index is 14.5. The minimum atomic E-state index is -1.74. The predicted octanol–water partition coefficient (Wildman–Crippen LogP) is 2.94. The van der Waals surface area contributed by atoms with Crippen molar-refractivity contribution in [3.8, 4) is 22.9 Å². The molecule has 0 radical (unpaired) electrons. The van der Waals surface area contributed by atoms with E-state index in [1.54, 1.807) is 19.1 Å². The quantitative estimate of drug-likeness (QED) is 0.458. The number of carbonyl (C=O) groups excluding carboxylic acids is 1. The SMILES string of the molecule is CCC1(O)C(=O)CCCc2c1cc1n(c2=O)Cc2cc3c4c(F)c(F)c(c3nc2-1)OCO4. The summed E-state index contributed by atoms with van der Waals surface area (Å²) < 4.78 is 40.8. The highest BCUT2D eigenvalue weighted by atomic mass is 19.2. The van der Waals surface area contributed by atoms with Gasteiger partial charge in [-0.15, -0.1) is 0 Å². The van der Waals surface area contributed by atoms with Gasteiger partial charge >= 0.3 is 0 Å². The van der Waals surface area contributed by atoms with Crippen molar-refractivity contribution in [1.82, 2.24) is 9.55 Å². The normalized spacial score (nSPS) is 20.8. The Hall–Kier alpha value is -3.33. The molecule has 2 bridgehead atoms. The fraction of sp³-hybridized carbons (Fsp3) is 0.348. The van der Waals surface area contributed by atoms with Crippen molar-refractivity contribution in [2.75, 3.05) is 6.79 Å². The van der Waals surface area contributed by atoms with Crippen LogP contribution in [0.5, 0.6) is 11.5 Å². The number of halogens is 2. The van der Waals surface area contributed by atoms with Crippen molar-refractivity contribution < 1.29 is 28.2 Å². The Morgan fingerprint density at radius 2 is 1.91 bits per heavy atom. The van der Waals surface area contributed by atoms with Gasteiger partial charge < -0.3 is 19.1 Å². The smallest absolute Gasteiger partial charge is 0.254 e. The highest BCUT2D eigenvalue weighted by Gasteiger charge is 2.41. The summed E-state index contributed by atoms with van der Waals surface area (Å²) in [5.41, 5.74) is 0.237. The van der Waals surface area contributed by atoms with Crippen LogP contribution in [0.25, 0.3) is 22.3 Å². The summed E-state index contributed by atoms with van der Waals surface area (Å²) in [5, 5.41) is 11.5. The van der Waals surface area contributed by atoms with Crippen molar-refractivity contribution in [3.63, 3.8) is 0 Å². The summed E-state index contributed by atoms with van der Waals surface area (Å²) in [6, 6.07) is 3.27. The molecule has 7 nitrogen and oxygen atoms in total. The van der Waals surface area contributed by atoms with E-state index in [0.717, 1.165) is 0 Å². The largest absolute Gasteiger partial charge is 0.454 e. The molecule has 1 aliphatic carbocycles. The van der Waals surface area contributed by atoms with Gasteiger partial charge in [-0.1, -0.05) is 6.92 Å². The van der Waals surface area contributed by atoms with Gasteiger partial charge in [-0.05, 0) is 31.4 Å². The summed E-state index contributed by atoms with van der Waals surface area (Å²) in [4.78, 5) is 30.6. The molecule has 1 N–H and O–H groups in total. The van der Waals surface area contributed by atoms with E-state index in [2.05, 4.69) is 4.98 Å². The van der Waals surface area contributed by atoms with E-state index in [1.165, 1.54) is 4.57 Å². The highest BCUT2D eigenvalue weighted by Crippen LogP contribution is 2.44. The molecule has 1 atom stereocenters. The number of aromatic nitrogens is 2. The number of Topliss-reactive ketones (excluding diaryl/α,β-unsaturated/α-hetero) is 1. The standard InChI is InChI=1S/C23H18F2N2O5/c1-2-23(30)13-7-14-18-10(8-27(14)22(29)11(13)4-3-5-15(23)28)6-12-19(26-18)21-17(25)16(24)20(12)31-9-32-21/h6-7,30H,2-5,8-9H2,1H3. The topological polar surface area (TPSA) is 90.7 Å². The van der Waals surface area contributed by atoms with Crippen LogP contribution >= 0.6 is 0 Å². The number of carbonyl (C=O) groups is 1. The monoisotopic (exact) mass is 440 g/mol. The second-order valence-electron chi connectivity index (χ2n) is 8.39. The lowest BCUT2D eigenvalue weighted by molar-refractivity contribution is -0.138. The third kappa shape index (κ3) is 2.29. The lowest BCUT2D eigenvalue weighted by atomic mass is 9.85. The Morgan fingerprint density at radius 1 is 1.16 bits per heavy atom. The van der Waals surface area contributed by atoms with Crippen LogP contribution in [0.3, 0.4) is 0 Å². The van der Waals surface area contributed by atoms with Crippen LogP contribution in [0.15, 0.2) is 16.9 Å². The molecule has 0 spiro atoms. The molecular formula is C23H18F2N2O5. The Kier molecular flexibility index (Phi) is 3.84. The van der Waals surface area contributed by atoms with Crippen molar-refractivity contribution >= 4 is 16.7 Å². The molecule has 0 saturated heterocycles. The maximum absolute atomic E-state index is 14.5. The Balaban J connectivity index is 1.66. The van der Waals surface area contributed by atoms with E-state index < -0.39 is 17.2 Å². The average molecular weight is 440 g/mol. The third-order valence-electron chi connectivity index (χ3n) is 6.78. The summed E-state index contributed by atoms with van der Waals surface area (Å²) in [5.74, 6) is -3.26. The number of ketones is 1. The third-order valence-corrected chi connectivity index (χ3v) is 6.78. The molecule has 1 unspecified atom stereocenters. The number of hydrogen-bond donors (Lipinski definition) is 1. The molecule has 2 aromatic heterocycles.